The van der Waals surface area contributed by atoms with Gasteiger partial charge in [-0.3, -0.25) is 0 Å². The molecule has 0 bridgehead atoms. The number of hydrogen-bond acceptors (Lipinski definition) is 3. The maximum atomic E-state index is 6.28. The fraction of sp³-hybridized carbons (Fsp3) is 0.647. The van der Waals surface area contributed by atoms with Gasteiger partial charge in [-0.15, -0.1) is 0 Å². The van der Waals surface area contributed by atoms with E-state index < -0.39 is 0 Å². The van der Waals surface area contributed by atoms with Crippen LogP contribution in [0.2, 0.25) is 10.0 Å². The van der Waals surface area contributed by atoms with E-state index >= 15 is 0 Å². The van der Waals surface area contributed by atoms with Crippen LogP contribution in [0.1, 0.15) is 32.8 Å². The Hall–Kier alpha value is -0.320. The maximum Gasteiger partial charge on any atom is 0.163 e. The molecule has 1 aromatic rings. The largest absolute Gasteiger partial charge is 0.349 e. The molecule has 1 aliphatic heterocycles. The van der Waals surface area contributed by atoms with E-state index in [9.17, 15) is 0 Å². The first-order chi connectivity index (χ1) is 10.4. The lowest BCUT2D eigenvalue weighted by molar-refractivity contribution is -0.130. The van der Waals surface area contributed by atoms with Crippen molar-refractivity contribution >= 4 is 23.2 Å². The molecule has 0 radical (unpaired) electrons. The summed E-state index contributed by atoms with van der Waals surface area (Å²) in [4.78, 5) is 0. The van der Waals surface area contributed by atoms with E-state index in [-0.39, 0.29) is 17.8 Å². The fourth-order valence-corrected chi connectivity index (χ4v) is 3.12. The second-order valence-electron chi connectivity index (χ2n) is 6.53. The minimum atomic E-state index is -0.215. The molecule has 1 aromatic carbocycles. The van der Waals surface area contributed by atoms with Crippen LogP contribution in [0.5, 0.6) is 0 Å². The van der Waals surface area contributed by atoms with E-state index in [4.69, 9.17) is 32.7 Å². The Morgan fingerprint density at radius 2 is 2.09 bits per heavy atom. The number of hydrogen-bond donors (Lipinski definition) is 1. The third kappa shape index (κ3) is 4.84. The normalized spacial score (nSPS) is 22.2. The summed E-state index contributed by atoms with van der Waals surface area (Å²) in [7, 11) is 0. The van der Waals surface area contributed by atoms with Gasteiger partial charge in [0.15, 0.2) is 6.29 Å². The second kappa shape index (κ2) is 7.98. The molecule has 1 N–H and O–H groups in total. The number of ether oxygens (including phenoxy) is 2. The molecule has 5 heteroatoms. The van der Waals surface area contributed by atoms with E-state index in [2.05, 4.69) is 26.1 Å². The summed E-state index contributed by atoms with van der Waals surface area (Å²) in [5.41, 5.74) is 0.910. The second-order valence-corrected chi connectivity index (χ2v) is 7.37. The van der Waals surface area contributed by atoms with Gasteiger partial charge in [-0.1, -0.05) is 50.0 Å². The summed E-state index contributed by atoms with van der Waals surface area (Å²) in [6.45, 7) is 8.92. The Morgan fingerprint density at radius 3 is 2.77 bits per heavy atom. The van der Waals surface area contributed by atoms with Crippen molar-refractivity contribution in [3.63, 3.8) is 0 Å². The predicted octanol–water partition coefficient (Wildman–Crippen LogP) is 4.30. The summed E-state index contributed by atoms with van der Waals surface area (Å²) in [6.07, 6.45) is 1.81. The molecular weight excluding hydrogens is 321 g/mol. The molecular formula is C17H25Cl2NO2. The molecule has 124 valence electrons. The lowest BCUT2D eigenvalue weighted by Crippen LogP contribution is -2.35. The quantitative estimate of drug-likeness (QED) is 0.747. The predicted molar refractivity (Wildman–Crippen MR) is 91.7 cm³/mol. The van der Waals surface area contributed by atoms with Crippen molar-refractivity contribution in [3.05, 3.63) is 33.8 Å². The molecule has 2 atom stereocenters. The van der Waals surface area contributed by atoms with Gasteiger partial charge in [0.05, 0.1) is 12.7 Å². The lowest BCUT2D eigenvalue weighted by atomic mass is 9.85. The van der Waals surface area contributed by atoms with E-state index in [1.807, 2.05) is 12.1 Å². The summed E-state index contributed by atoms with van der Waals surface area (Å²) in [5, 5.41) is 4.72. The number of halogens is 2. The monoisotopic (exact) mass is 345 g/mol. The smallest absolute Gasteiger partial charge is 0.163 e. The molecule has 22 heavy (non-hydrogen) atoms. The molecule has 1 fully saturated rings. The first-order valence-electron chi connectivity index (χ1n) is 7.84. The van der Waals surface area contributed by atoms with Crippen LogP contribution in [0, 0.1) is 5.41 Å². The molecule has 0 aromatic heterocycles. The number of benzene rings is 1. The van der Waals surface area contributed by atoms with Crippen LogP contribution in [0.15, 0.2) is 18.2 Å². The van der Waals surface area contributed by atoms with Crippen molar-refractivity contribution in [1.82, 2.24) is 5.32 Å². The maximum absolute atomic E-state index is 6.28. The Kier molecular flexibility index (Phi) is 6.54. The van der Waals surface area contributed by atoms with Crippen molar-refractivity contribution in [2.75, 3.05) is 19.7 Å². The molecule has 1 saturated heterocycles. The van der Waals surface area contributed by atoms with Crippen LogP contribution < -0.4 is 5.32 Å². The van der Waals surface area contributed by atoms with Crippen LogP contribution in [0.3, 0.4) is 0 Å². The van der Waals surface area contributed by atoms with Gasteiger partial charge in [0.2, 0.25) is 0 Å². The highest BCUT2D eigenvalue weighted by Gasteiger charge is 2.38. The highest BCUT2D eigenvalue weighted by Crippen LogP contribution is 2.35. The molecule has 2 unspecified atom stereocenters. The van der Waals surface area contributed by atoms with Crippen molar-refractivity contribution in [2.45, 2.75) is 46.0 Å². The zero-order chi connectivity index (χ0) is 16.2. The summed E-state index contributed by atoms with van der Waals surface area (Å²) < 4.78 is 11.9. The standard InChI is InChI=1S/C17H25Cl2NO2/c1-4-7-20-10-14-11-21-16(22-14)17(2,3)9-12-5-6-13(18)8-15(12)19/h5-6,8,14,16,20H,4,7,9-11H2,1-3H3. The van der Waals surface area contributed by atoms with Gasteiger partial charge in [-0.2, -0.15) is 0 Å². The minimum Gasteiger partial charge on any atom is -0.349 e. The lowest BCUT2D eigenvalue weighted by Gasteiger charge is -2.30. The molecule has 0 amide bonds. The molecule has 0 spiro atoms. The highest BCUT2D eigenvalue weighted by molar-refractivity contribution is 6.35. The third-order valence-corrected chi connectivity index (χ3v) is 4.43. The van der Waals surface area contributed by atoms with Gasteiger partial charge in [-0.05, 0) is 37.1 Å². The fourth-order valence-electron chi connectivity index (χ4n) is 2.64. The summed E-state index contributed by atoms with van der Waals surface area (Å²) >= 11 is 12.2. The topological polar surface area (TPSA) is 30.5 Å². The van der Waals surface area contributed by atoms with Crippen LogP contribution in [0.4, 0.5) is 0 Å². The van der Waals surface area contributed by atoms with E-state index in [0.29, 0.717) is 16.7 Å². The number of rotatable bonds is 7. The molecule has 1 aliphatic rings. The first-order valence-corrected chi connectivity index (χ1v) is 8.59. The Morgan fingerprint density at radius 1 is 1.32 bits per heavy atom. The van der Waals surface area contributed by atoms with E-state index in [1.165, 1.54) is 0 Å². The number of nitrogens with one attached hydrogen (secondary N) is 1. The Bertz CT molecular complexity index is 494. The Balaban J connectivity index is 1.93. The Labute approximate surface area is 143 Å². The van der Waals surface area contributed by atoms with Crippen molar-refractivity contribution in [3.8, 4) is 0 Å². The average Bonchev–Trinajstić information content (AvgIpc) is 2.92. The van der Waals surface area contributed by atoms with Gasteiger partial charge < -0.3 is 14.8 Å². The first kappa shape index (κ1) is 18.0. The van der Waals surface area contributed by atoms with E-state index in [1.54, 1.807) is 6.07 Å². The van der Waals surface area contributed by atoms with Gasteiger partial charge in [0.1, 0.15) is 0 Å². The minimum absolute atomic E-state index is 0.122. The molecule has 0 saturated carbocycles. The summed E-state index contributed by atoms with van der Waals surface area (Å²) in [5.74, 6) is 0. The van der Waals surface area contributed by atoms with Crippen LogP contribution in [-0.4, -0.2) is 32.1 Å². The zero-order valence-corrected chi connectivity index (χ0v) is 15.0. The average molecular weight is 346 g/mol. The summed E-state index contributed by atoms with van der Waals surface area (Å²) in [6, 6.07) is 5.62. The van der Waals surface area contributed by atoms with Crippen LogP contribution >= 0.6 is 23.2 Å². The van der Waals surface area contributed by atoms with Crippen molar-refractivity contribution in [2.24, 2.45) is 5.41 Å². The molecule has 1 heterocycles. The van der Waals surface area contributed by atoms with Crippen molar-refractivity contribution in [1.29, 1.82) is 0 Å². The van der Waals surface area contributed by atoms with Gasteiger partial charge in [0.25, 0.3) is 0 Å². The zero-order valence-electron chi connectivity index (χ0n) is 13.5. The van der Waals surface area contributed by atoms with Crippen molar-refractivity contribution < 1.29 is 9.47 Å². The van der Waals surface area contributed by atoms with Crippen LogP contribution in [-0.2, 0) is 15.9 Å². The van der Waals surface area contributed by atoms with Gasteiger partial charge >= 0.3 is 0 Å². The van der Waals surface area contributed by atoms with Gasteiger partial charge in [0, 0.05) is 22.0 Å². The highest BCUT2D eigenvalue weighted by atomic mass is 35.5. The third-order valence-electron chi connectivity index (χ3n) is 3.85. The van der Waals surface area contributed by atoms with Gasteiger partial charge in [-0.25, -0.2) is 0 Å². The SMILES string of the molecule is CCCNCC1COC(C(C)(C)Cc2ccc(Cl)cc2Cl)O1. The molecule has 0 aliphatic carbocycles. The van der Waals surface area contributed by atoms with E-state index in [0.717, 1.165) is 31.5 Å². The molecule has 3 nitrogen and oxygen atoms in total. The van der Waals surface area contributed by atoms with Crippen LogP contribution in [0.25, 0.3) is 0 Å². The molecule has 2 rings (SSSR count).